The lowest BCUT2D eigenvalue weighted by molar-refractivity contribution is -0.135. The number of carbonyl (C=O) groups excluding carboxylic acids is 1. The highest BCUT2D eigenvalue weighted by Gasteiger charge is 2.30. The van der Waals surface area contributed by atoms with Crippen LogP contribution in [0.5, 0.6) is 5.75 Å². The number of nitrogens with zero attached hydrogens (tertiary/aromatic N) is 4. The molecule has 2 aliphatic heterocycles. The summed E-state index contributed by atoms with van der Waals surface area (Å²) in [5, 5.41) is 3.46. The van der Waals surface area contributed by atoms with E-state index in [0.29, 0.717) is 12.5 Å². The van der Waals surface area contributed by atoms with E-state index in [2.05, 4.69) is 47.2 Å². The Morgan fingerprint density at radius 1 is 1.09 bits per heavy atom. The van der Waals surface area contributed by atoms with E-state index in [4.69, 9.17) is 9.73 Å². The van der Waals surface area contributed by atoms with Crippen molar-refractivity contribution in [2.24, 2.45) is 10.9 Å². The molecule has 1 amide bonds. The van der Waals surface area contributed by atoms with Gasteiger partial charge in [-0.05, 0) is 51.5 Å². The van der Waals surface area contributed by atoms with Crippen LogP contribution in [0.3, 0.4) is 0 Å². The van der Waals surface area contributed by atoms with Gasteiger partial charge in [-0.1, -0.05) is 18.2 Å². The normalized spacial score (nSPS) is 21.0. The molecule has 1 N–H and O–H groups in total. The molecule has 0 spiro atoms. The smallest absolute Gasteiger partial charge is 0.239 e. The summed E-state index contributed by atoms with van der Waals surface area (Å²) in [6.45, 7) is 11.8. The minimum Gasteiger partial charge on any atom is -0.493 e. The van der Waals surface area contributed by atoms with Gasteiger partial charge in [-0.3, -0.25) is 9.69 Å². The van der Waals surface area contributed by atoms with Crippen LogP contribution < -0.4 is 10.1 Å². The molecule has 0 bridgehead atoms. The Morgan fingerprint density at radius 3 is 2.50 bits per heavy atom. The fraction of sp³-hybridized carbons (Fsp3) is 0.680. The first-order valence-corrected chi connectivity index (χ1v) is 12.4. The minimum absolute atomic E-state index is 0.0368. The van der Waals surface area contributed by atoms with Crippen LogP contribution in [0.4, 0.5) is 0 Å². The van der Waals surface area contributed by atoms with E-state index in [-0.39, 0.29) is 6.04 Å². The van der Waals surface area contributed by atoms with Crippen LogP contribution in [0, 0.1) is 5.92 Å². The zero-order valence-electron chi connectivity index (χ0n) is 19.8. The molecule has 2 saturated heterocycles. The van der Waals surface area contributed by atoms with Crippen LogP contribution in [0.25, 0.3) is 0 Å². The van der Waals surface area contributed by atoms with E-state index >= 15 is 0 Å². The van der Waals surface area contributed by atoms with Crippen molar-refractivity contribution in [1.29, 1.82) is 0 Å². The maximum absolute atomic E-state index is 12.8. The summed E-state index contributed by atoms with van der Waals surface area (Å²) in [7, 11) is 0. The molecule has 176 valence electrons. The van der Waals surface area contributed by atoms with Gasteiger partial charge in [-0.15, -0.1) is 0 Å². The van der Waals surface area contributed by atoms with Crippen molar-refractivity contribution < 1.29 is 9.53 Å². The molecule has 1 atom stereocenters. The number of rotatable bonds is 8. The Balaban J connectivity index is 1.33. The summed E-state index contributed by atoms with van der Waals surface area (Å²) in [4.78, 5) is 24.4. The fourth-order valence-corrected chi connectivity index (χ4v) is 4.53. The summed E-state index contributed by atoms with van der Waals surface area (Å²) < 4.78 is 6.06. The molecule has 1 aromatic rings. The molecule has 1 aromatic carbocycles. The van der Waals surface area contributed by atoms with Gasteiger partial charge in [0.05, 0.1) is 19.2 Å². The topological polar surface area (TPSA) is 60.4 Å². The van der Waals surface area contributed by atoms with Crippen LogP contribution in [-0.2, 0) is 11.3 Å². The van der Waals surface area contributed by atoms with Gasteiger partial charge in [-0.2, -0.15) is 0 Å². The van der Waals surface area contributed by atoms with Gasteiger partial charge in [-0.25, -0.2) is 4.99 Å². The van der Waals surface area contributed by atoms with Crippen LogP contribution in [0.15, 0.2) is 29.3 Å². The molecule has 32 heavy (non-hydrogen) atoms. The van der Waals surface area contributed by atoms with Crippen molar-refractivity contribution in [2.75, 3.05) is 52.4 Å². The monoisotopic (exact) mass is 441 g/mol. The van der Waals surface area contributed by atoms with Crippen molar-refractivity contribution in [2.45, 2.75) is 52.1 Å². The molecule has 4 rings (SSSR count). The third-order valence-corrected chi connectivity index (χ3v) is 6.81. The molecule has 7 heteroatoms. The molecule has 1 saturated carbocycles. The Labute approximate surface area is 192 Å². The van der Waals surface area contributed by atoms with Crippen LogP contribution in [0.1, 0.15) is 45.1 Å². The van der Waals surface area contributed by atoms with Crippen molar-refractivity contribution >= 4 is 11.9 Å². The van der Waals surface area contributed by atoms with Gasteiger partial charge in [0, 0.05) is 51.4 Å². The summed E-state index contributed by atoms with van der Waals surface area (Å²) in [6.07, 6.45) is 4.87. The van der Waals surface area contributed by atoms with Crippen LogP contribution in [0.2, 0.25) is 0 Å². The first-order valence-electron chi connectivity index (χ1n) is 12.4. The molecule has 3 fully saturated rings. The van der Waals surface area contributed by atoms with Gasteiger partial charge in [0.2, 0.25) is 5.91 Å². The number of benzene rings is 1. The SMILES string of the molecule is CCNC(=NCc1ccccc1OCC1CC1)N1CCN(C(C)C(=O)N2CCCC2)CC1. The van der Waals surface area contributed by atoms with E-state index in [0.717, 1.165) is 88.5 Å². The maximum Gasteiger partial charge on any atom is 0.239 e. The van der Waals surface area contributed by atoms with Gasteiger partial charge >= 0.3 is 0 Å². The van der Waals surface area contributed by atoms with Gasteiger partial charge in [0.15, 0.2) is 5.96 Å². The highest BCUT2D eigenvalue weighted by molar-refractivity contribution is 5.82. The molecule has 7 nitrogen and oxygen atoms in total. The molecule has 0 radical (unpaired) electrons. The number of carbonyl (C=O) groups is 1. The quantitative estimate of drug-likeness (QED) is 0.496. The van der Waals surface area contributed by atoms with Crippen LogP contribution in [-0.4, -0.2) is 85.0 Å². The first-order chi connectivity index (χ1) is 15.7. The lowest BCUT2D eigenvalue weighted by atomic mass is 10.2. The second kappa shape index (κ2) is 11.0. The third-order valence-electron chi connectivity index (χ3n) is 6.81. The van der Waals surface area contributed by atoms with Gasteiger partial charge in [0.1, 0.15) is 5.75 Å². The van der Waals surface area contributed by atoms with Crippen molar-refractivity contribution in [3.8, 4) is 5.75 Å². The van der Waals surface area contributed by atoms with E-state index in [1.165, 1.54) is 12.8 Å². The standard InChI is InChI=1S/C25H39N5O2/c1-3-26-25(27-18-22-8-4-5-9-23(22)32-19-21-10-11-21)30-16-14-28(15-17-30)20(2)24(31)29-12-6-7-13-29/h4-5,8-9,20-21H,3,6-7,10-19H2,1-2H3,(H,26,27). The van der Waals surface area contributed by atoms with Crippen molar-refractivity contribution in [3.05, 3.63) is 29.8 Å². The second-order valence-corrected chi connectivity index (χ2v) is 9.26. The Hall–Kier alpha value is -2.28. The van der Waals surface area contributed by atoms with Crippen molar-refractivity contribution in [3.63, 3.8) is 0 Å². The molecule has 3 aliphatic rings. The zero-order valence-corrected chi connectivity index (χ0v) is 19.8. The highest BCUT2D eigenvalue weighted by atomic mass is 16.5. The molecular formula is C25H39N5O2. The van der Waals surface area contributed by atoms with E-state index < -0.39 is 0 Å². The number of guanidine groups is 1. The predicted molar refractivity (Wildman–Crippen MR) is 128 cm³/mol. The van der Waals surface area contributed by atoms with E-state index in [9.17, 15) is 4.79 Å². The first kappa shape index (κ1) is 22.9. The molecule has 2 heterocycles. The number of piperazine rings is 1. The number of likely N-dealkylation sites (tertiary alicyclic amines) is 1. The minimum atomic E-state index is -0.0368. The molecule has 1 unspecified atom stereocenters. The number of nitrogens with one attached hydrogen (secondary N) is 1. The maximum atomic E-state index is 12.8. The predicted octanol–water partition coefficient (Wildman–Crippen LogP) is 2.57. The van der Waals surface area contributed by atoms with Gasteiger partial charge < -0.3 is 19.9 Å². The molecular weight excluding hydrogens is 402 g/mol. The highest BCUT2D eigenvalue weighted by Crippen LogP contribution is 2.30. The number of aliphatic imine (C=N–C) groups is 1. The lowest BCUT2D eigenvalue weighted by Gasteiger charge is -2.39. The lowest BCUT2D eigenvalue weighted by Crippen LogP contribution is -2.57. The Morgan fingerprint density at radius 2 is 1.81 bits per heavy atom. The molecule has 1 aliphatic carbocycles. The number of hydrogen-bond donors (Lipinski definition) is 1. The number of hydrogen-bond acceptors (Lipinski definition) is 4. The zero-order chi connectivity index (χ0) is 22.3. The fourth-order valence-electron chi connectivity index (χ4n) is 4.53. The Bertz CT molecular complexity index is 780. The second-order valence-electron chi connectivity index (χ2n) is 9.26. The summed E-state index contributed by atoms with van der Waals surface area (Å²) in [5.41, 5.74) is 1.13. The van der Waals surface area contributed by atoms with E-state index in [1.54, 1.807) is 0 Å². The average molecular weight is 442 g/mol. The Kier molecular flexibility index (Phi) is 7.90. The van der Waals surface area contributed by atoms with Crippen LogP contribution >= 0.6 is 0 Å². The summed E-state index contributed by atoms with van der Waals surface area (Å²) in [5.74, 6) is 2.93. The third kappa shape index (κ3) is 5.94. The number of para-hydroxylation sites is 1. The largest absolute Gasteiger partial charge is 0.493 e. The molecule has 0 aromatic heterocycles. The summed E-state index contributed by atoms with van der Waals surface area (Å²) in [6, 6.07) is 8.21. The average Bonchev–Trinajstić information content (AvgIpc) is 3.50. The summed E-state index contributed by atoms with van der Waals surface area (Å²) >= 11 is 0. The number of ether oxygens (including phenoxy) is 1. The number of amides is 1. The van der Waals surface area contributed by atoms with Crippen molar-refractivity contribution in [1.82, 2.24) is 20.0 Å². The van der Waals surface area contributed by atoms with E-state index in [1.807, 2.05) is 11.0 Å². The van der Waals surface area contributed by atoms with Gasteiger partial charge in [0.25, 0.3) is 0 Å².